The van der Waals surface area contributed by atoms with Crippen molar-refractivity contribution in [2.75, 3.05) is 5.32 Å². The number of hydrogen-bond acceptors (Lipinski definition) is 4. The molecule has 0 unspecified atom stereocenters. The minimum Gasteiger partial charge on any atom is -0.454 e. The van der Waals surface area contributed by atoms with Crippen LogP contribution in [0.4, 0.5) is 5.69 Å². The summed E-state index contributed by atoms with van der Waals surface area (Å²) in [5.74, 6) is 0.380. The van der Waals surface area contributed by atoms with Crippen molar-refractivity contribution in [1.82, 2.24) is 0 Å². The number of carbonyl (C=O) groups excluding carboxylic acids is 1. The first kappa shape index (κ1) is 18.0. The summed E-state index contributed by atoms with van der Waals surface area (Å²) >= 11 is 0. The lowest BCUT2D eigenvalue weighted by atomic mass is 10.00. The molecule has 0 spiro atoms. The Kier molecular flexibility index (Phi) is 4.51. The van der Waals surface area contributed by atoms with Crippen LogP contribution in [0.5, 0.6) is 0 Å². The van der Waals surface area contributed by atoms with Crippen molar-refractivity contribution in [3.8, 4) is 11.3 Å². The van der Waals surface area contributed by atoms with Gasteiger partial charge >= 0.3 is 5.63 Å². The Labute approximate surface area is 162 Å². The van der Waals surface area contributed by atoms with Crippen LogP contribution < -0.4 is 10.9 Å². The molecule has 5 heteroatoms. The molecule has 4 aromatic rings. The van der Waals surface area contributed by atoms with E-state index >= 15 is 0 Å². The molecule has 0 aliphatic rings. The van der Waals surface area contributed by atoms with E-state index in [-0.39, 0.29) is 5.91 Å². The number of para-hydroxylation sites is 1. The van der Waals surface area contributed by atoms with Crippen LogP contribution in [0, 0.1) is 13.8 Å². The zero-order valence-corrected chi connectivity index (χ0v) is 16.1. The molecule has 0 radical (unpaired) electrons. The zero-order valence-electron chi connectivity index (χ0n) is 16.1. The Bertz CT molecular complexity index is 1260. The molecule has 0 atom stereocenters. The molecule has 0 saturated carbocycles. The second-order valence-electron chi connectivity index (χ2n) is 7.03. The topological polar surface area (TPSA) is 72.5 Å². The van der Waals surface area contributed by atoms with Crippen LogP contribution in [0.25, 0.3) is 33.3 Å². The van der Waals surface area contributed by atoms with E-state index in [0.29, 0.717) is 34.6 Å². The molecular formula is C23H21NO4. The minimum atomic E-state index is -0.459. The molecule has 0 aliphatic heterocycles. The number of amides is 1. The highest BCUT2D eigenvalue weighted by Gasteiger charge is 2.21. The van der Waals surface area contributed by atoms with Crippen LogP contribution in [-0.2, 0) is 4.79 Å². The molecule has 1 N–H and O–H groups in total. The van der Waals surface area contributed by atoms with Crippen LogP contribution in [0.3, 0.4) is 0 Å². The number of aryl methyl sites for hydroxylation is 2. The number of hydrogen-bond donors (Lipinski definition) is 1. The van der Waals surface area contributed by atoms with E-state index in [1.807, 2.05) is 57.2 Å². The van der Waals surface area contributed by atoms with Gasteiger partial charge in [0.2, 0.25) is 5.91 Å². The number of fused-ring (bicyclic) bond motifs is 2. The number of benzene rings is 2. The van der Waals surface area contributed by atoms with Gasteiger partial charge in [-0.25, -0.2) is 4.79 Å². The Hall–Kier alpha value is -3.34. The molecule has 0 bridgehead atoms. The largest absolute Gasteiger partial charge is 0.454 e. The summed E-state index contributed by atoms with van der Waals surface area (Å²) in [5, 5.41) is 4.58. The van der Waals surface area contributed by atoms with Gasteiger partial charge in [0.1, 0.15) is 11.2 Å². The van der Waals surface area contributed by atoms with Gasteiger partial charge in [0.05, 0.1) is 5.69 Å². The number of nitrogens with one attached hydrogen (secondary N) is 1. The molecule has 2 aromatic heterocycles. The summed E-state index contributed by atoms with van der Waals surface area (Å²) in [5.41, 5.74) is 3.87. The van der Waals surface area contributed by atoms with E-state index in [1.54, 1.807) is 0 Å². The minimum absolute atomic E-state index is 0.0878. The molecule has 1 amide bonds. The molecule has 28 heavy (non-hydrogen) atoms. The molecule has 2 heterocycles. The second kappa shape index (κ2) is 7.00. The van der Waals surface area contributed by atoms with Crippen molar-refractivity contribution in [3.05, 3.63) is 64.0 Å². The maximum atomic E-state index is 12.3. The van der Waals surface area contributed by atoms with Gasteiger partial charge in [-0.3, -0.25) is 4.79 Å². The standard InChI is InChI=1S/C23H21NO4/c1-4-7-19(25)24-22-15-8-5-6-9-17(15)28-23(22)16-12-20(26)27-18-11-13(2)10-14(3)21(16)18/h5-6,8-12H,4,7H2,1-3H3,(H,24,25). The van der Waals surface area contributed by atoms with Gasteiger partial charge < -0.3 is 14.2 Å². The number of carbonyl (C=O) groups is 1. The molecule has 0 fully saturated rings. The lowest BCUT2D eigenvalue weighted by molar-refractivity contribution is -0.116. The molecule has 5 nitrogen and oxygen atoms in total. The summed E-state index contributed by atoms with van der Waals surface area (Å²) < 4.78 is 11.6. The smallest absolute Gasteiger partial charge is 0.336 e. The monoisotopic (exact) mass is 375 g/mol. The molecule has 142 valence electrons. The van der Waals surface area contributed by atoms with E-state index in [4.69, 9.17) is 8.83 Å². The van der Waals surface area contributed by atoms with Crippen molar-refractivity contribution < 1.29 is 13.6 Å². The second-order valence-corrected chi connectivity index (χ2v) is 7.03. The summed E-state index contributed by atoms with van der Waals surface area (Å²) in [6, 6.07) is 12.8. The Morgan fingerprint density at radius 3 is 2.61 bits per heavy atom. The van der Waals surface area contributed by atoms with E-state index in [9.17, 15) is 9.59 Å². The van der Waals surface area contributed by atoms with Gasteiger partial charge in [-0.1, -0.05) is 25.1 Å². The number of anilines is 1. The third-order valence-corrected chi connectivity index (χ3v) is 4.77. The van der Waals surface area contributed by atoms with E-state index < -0.39 is 5.63 Å². The van der Waals surface area contributed by atoms with Crippen molar-refractivity contribution in [2.45, 2.75) is 33.6 Å². The van der Waals surface area contributed by atoms with Crippen LogP contribution in [0.1, 0.15) is 30.9 Å². The SMILES string of the molecule is CCCC(=O)Nc1c(-c2cc(=O)oc3cc(C)cc(C)c23)oc2ccccc12. The van der Waals surface area contributed by atoms with Crippen molar-refractivity contribution in [3.63, 3.8) is 0 Å². The van der Waals surface area contributed by atoms with Crippen molar-refractivity contribution in [2.24, 2.45) is 0 Å². The predicted molar refractivity (Wildman–Crippen MR) is 111 cm³/mol. The van der Waals surface area contributed by atoms with Crippen LogP contribution in [-0.4, -0.2) is 5.91 Å². The number of furan rings is 1. The highest BCUT2D eigenvalue weighted by Crippen LogP contribution is 2.41. The van der Waals surface area contributed by atoms with Crippen LogP contribution in [0.2, 0.25) is 0 Å². The molecule has 4 rings (SSSR count). The summed E-state index contributed by atoms with van der Waals surface area (Å²) in [4.78, 5) is 24.6. The fourth-order valence-electron chi connectivity index (χ4n) is 3.65. The normalized spacial score (nSPS) is 11.2. The Morgan fingerprint density at radius 2 is 1.82 bits per heavy atom. The van der Waals surface area contributed by atoms with Gasteiger partial charge in [-0.05, 0) is 49.6 Å². The first-order valence-corrected chi connectivity index (χ1v) is 9.34. The van der Waals surface area contributed by atoms with E-state index in [0.717, 1.165) is 28.3 Å². The fourth-order valence-corrected chi connectivity index (χ4v) is 3.65. The van der Waals surface area contributed by atoms with Gasteiger partial charge in [0, 0.05) is 28.8 Å². The molecule has 0 aliphatic carbocycles. The van der Waals surface area contributed by atoms with Crippen LogP contribution >= 0.6 is 0 Å². The Balaban J connectivity index is 2.04. The third-order valence-electron chi connectivity index (χ3n) is 4.77. The number of rotatable bonds is 4. The summed E-state index contributed by atoms with van der Waals surface area (Å²) in [6.45, 7) is 5.88. The Morgan fingerprint density at radius 1 is 1.04 bits per heavy atom. The third kappa shape index (κ3) is 3.09. The zero-order chi connectivity index (χ0) is 19.8. The molecule has 0 saturated heterocycles. The van der Waals surface area contributed by atoms with E-state index in [1.165, 1.54) is 6.07 Å². The highest BCUT2D eigenvalue weighted by atomic mass is 16.4. The summed E-state index contributed by atoms with van der Waals surface area (Å²) in [6.07, 6.45) is 1.15. The summed E-state index contributed by atoms with van der Waals surface area (Å²) in [7, 11) is 0. The van der Waals surface area contributed by atoms with Crippen molar-refractivity contribution >= 4 is 33.5 Å². The van der Waals surface area contributed by atoms with Gasteiger partial charge in [0.15, 0.2) is 5.76 Å². The van der Waals surface area contributed by atoms with Crippen molar-refractivity contribution in [1.29, 1.82) is 0 Å². The first-order chi connectivity index (χ1) is 13.5. The molecule has 2 aromatic carbocycles. The van der Waals surface area contributed by atoms with Gasteiger partial charge in [-0.15, -0.1) is 0 Å². The maximum absolute atomic E-state index is 12.3. The lowest BCUT2D eigenvalue weighted by Gasteiger charge is -2.10. The predicted octanol–water partition coefficient (Wildman–Crippen LogP) is 5.56. The average Bonchev–Trinajstić information content (AvgIpc) is 2.99. The fraction of sp³-hybridized carbons (Fsp3) is 0.217. The maximum Gasteiger partial charge on any atom is 0.336 e. The average molecular weight is 375 g/mol. The van der Waals surface area contributed by atoms with Crippen LogP contribution in [0.15, 0.2) is 56.1 Å². The van der Waals surface area contributed by atoms with Gasteiger partial charge in [0.25, 0.3) is 0 Å². The lowest BCUT2D eigenvalue weighted by Crippen LogP contribution is -2.11. The first-order valence-electron chi connectivity index (χ1n) is 9.34. The quantitative estimate of drug-likeness (QED) is 0.474. The highest BCUT2D eigenvalue weighted by molar-refractivity contribution is 6.09. The van der Waals surface area contributed by atoms with E-state index in [2.05, 4.69) is 5.32 Å². The van der Waals surface area contributed by atoms with Gasteiger partial charge in [-0.2, -0.15) is 0 Å². The molecular weight excluding hydrogens is 354 g/mol.